The van der Waals surface area contributed by atoms with Crippen LogP contribution in [0.1, 0.15) is 22.0 Å². The van der Waals surface area contributed by atoms with E-state index in [2.05, 4.69) is 10.1 Å². The molecular weight excluding hydrogens is 391 g/mol. The summed E-state index contributed by atoms with van der Waals surface area (Å²) in [6, 6.07) is 3.77. The molecular formula is C15H9ClF3N5OS. The predicted molar refractivity (Wildman–Crippen MR) is 90.1 cm³/mol. The van der Waals surface area contributed by atoms with Gasteiger partial charge in [0.15, 0.2) is 10.7 Å². The van der Waals surface area contributed by atoms with Gasteiger partial charge in [-0.2, -0.15) is 23.5 Å². The van der Waals surface area contributed by atoms with Crippen molar-refractivity contribution in [3.63, 3.8) is 0 Å². The number of hydrogen-bond donors (Lipinski definition) is 0. The molecule has 0 atom stereocenters. The lowest BCUT2D eigenvalue weighted by atomic mass is 10.3. The molecule has 0 fully saturated rings. The number of allylic oxidation sites excluding steroid dienone is 1. The largest absolute Gasteiger partial charge is 0.435 e. The van der Waals surface area contributed by atoms with E-state index in [0.29, 0.717) is 16.7 Å². The third-order valence-electron chi connectivity index (χ3n) is 3.44. The first-order valence-corrected chi connectivity index (χ1v) is 8.29. The summed E-state index contributed by atoms with van der Waals surface area (Å²) in [6.07, 6.45) is -1.86. The average Bonchev–Trinajstić information content (AvgIpc) is 3.05. The molecule has 3 aromatic heterocycles. The van der Waals surface area contributed by atoms with Gasteiger partial charge in [0.25, 0.3) is 5.56 Å². The fraction of sp³-hybridized carbons (Fsp3) is 0.200. The highest BCUT2D eigenvalue weighted by atomic mass is 35.5. The van der Waals surface area contributed by atoms with Crippen molar-refractivity contribution >= 4 is 34.0 Å². The minimum absolute atomic E-state index is 0.180. The van der Waals surface area contributed by atoms with Crippen LogP contribution in [0.3, 0.4) is 0 Å². The van der Waals surface area contributed by atoms with Gasteiger partial charge in [0.05, 0.1) is 24.0 Å². The fourth-order valence-electron chi connectivity index (χ4n) is 2.33. The van der Waals surface area contributed by atoms with Crippen molar-refractivity contribution in [2.75, 3.05) is 0 Å². The molecule has 0 saturated heterocycles. The third kappa shape index (κ3) is 3.36. The summed E-state index contributed by atoms with van der Waals surface area (Å²) in [5, 5.41) is 11.9. The molecule has 26 heavy (non-hydrogen) atoms. The van der Waals surface area contributed by atoms with E-state index in [9.17, 15) is 18.0 Å². The molecule has 11 heteroatoms. The van der Waals surface area contributed by atoms with Gasteiger partial charge in [-0.3, -0.25) is 9.20 Å². The highest BCUT2D eigenvalue weighted by molar-refractivity contribution is 7.17. The molecule has 3 heterocycles. The third-order valence-corrected chi connectivity index (χ3v) is 4.71. The van der Waals surface area contributed by atoms with Gasteiger partial charge in [-0.25, -0.2) is 9.67 Å². The molecule has 6 nitrogen and oxygen atoms in total. The van der Waals surface area contributed by atoms with Gasteiger partial charge in [0.1, 0.15) is 5.15 Å². The van der Waals surface area contributed by atoms with Gasteiger partial charge in [0, 0.05) is 23.1 Å². The summed E-state index contributed by atoms with van der Waals surface area (Å²) in [7, 11) is 0. The molecule has 3 aromatic rings. The molecule has 0 bridgehead atoms. The number of hydrogen-bond acceptors (Lipinski definition) is 5. The van der Waals surface area contributed by atoms with Gasteiger partial charge >= 0.3 is 6.18 Å². The molecule has 0 amide bonds. The van der Waals surface area contributed by atoms with E-state index >= 15 is 0 Å². The van der Waals surface area contributed by atoms with E-state index in [1.54, 1.807) is 6.92 Å². The zero-order valence-corrected chi connectivity index (χ0v) is 14.7. The van der Waals surface area contributed by atoms with E-state index in [4.69, 9.17) is 16.9 Å². The van der Waals surface area contributed by atoms with Crippen molar-refractivity contribution in [3.8, 4) is 6.07 Å². The van der Waals surface area contributed by atoms with Gasteiger partial charge in [-0.05, 0) is 13.0 Å². The lowest BCUT2D eigenvalue weighted by Crippen LogP contribution is -2.17. The van der Waals surface area contributed by atoms with Crippen molar-refractivity contribution in [1.82, 2.24) is 19.2 Å². The first-order chi connectivity index (χ1) is 12.2. The standard InChI is InChI=1S/C15H9ClF3N5OS/c1-8-10(3-2-4-20)24-13(25)5-9(21-14(24)26-8)7-23-12(16)6-11(22-23)15(17,18)19/h2-3,5-6H,7H2,1H3/b3-2+. The second kappa shape index (κ2) is 6.59. The minimum atomic E-state index is -4.61. The van der Waals surface area contributed by atoms with E-state index in [-0.39, 0.29) is 17.4 Å². The van der Waals surface area contributed by atoms with E-state index in [1.807, 2.05) is 6.07 Å². The summed E-state index contributed by atoms with van der Waals surface area (Å²) in [5.41, 5.74) is -0.764. The summed E-state index contributed by atoms with van der Waals surface area (Å²) in [6.45, 7) is 1.59. The van der Waals surface area contributed by atoms with Crippen LogP contribution >= 0.6 is 22.9 Å². The second-order valence-corrected chi connectivity index (χ2v) is 6.79. The molecule has 0 N–H and O–H groups in total. The summed E-state index contributed by atoms with van der Waals surface area (Å²) in [5.74, 6) is 0. The Labute approximate surface area is 153 Å². The molecule has 0 aromatic carbocycles. The van der Waals surface area contributed by atoms with Crippen molar-refractivity contribution in [2.24, 2.45) is 0 Å². The zero-order valence-electron chi connectivity index (χ0n) is 13.1. The Hall–Kier alpha value is -2.64. The Balaban J connectivity index is 2.03. The molecule has 0 unspecified atom stereocenters. The van der Waals surface area contributed by atoms with Crippen molar-refractivity contribution in [3.05, 3.63) is 55.7 Å². The number of alkyl halides is 3. The Morgan fingerprint density at radius 2 is 2.15 bits per heavy atom. The molecule has 0 aliphatic heterocycles. The van der Waals surface area contributed by atoms with Crippen LogP contribution < -0.4 is 5.56 Å². The number of nitrogens with zero attached hydrogens (tertiary/aromatic N) is 5. The molecule has 0 aliphatic carbocycles. The van der Waals surface area contributed by atoms with Crippen LogP contribution in [0, 0.1) is 18.3 Å². The Bertz CT molecular complexity index is 1120. The first kappa shape index (κ1) is 18.2. The van der Waals surface area contributed by atoms with Crippen LogP contribution in [-0.2, 0) is 12.7 Å². The molecule has 0 saturated carbocycles. The highest BCUT2D eigenvalue weighted by Gasteiger charge is 2.34. The topological polar surface area (TPSA) is 76.0 Å². The highest BCUT2D eigenvalue weighted by Crippen LogP contribution is 2.30. The number of fused-ring (bicyclic) bond motifs is 1. The maximum absolute atomic E-state index is 12.7. The van der Waals surface area contributed by atoms with Crippen LogP contribution in [-0.4, -0.2) is 19.2 Å². The second-order valence-electron chi connectivity index (χ2n) is 5.22. The van der Waals surface area contributed by atoms with E-state index < -0.39 is 17.4 Å². The predicted octanol–water partition coefficient (Wildman–Crippen LogP) is 3.52. The normalized spacial score (nSPS) is 12.2. The minimum Gasteiger partial charge on any atom is -0.269 e. The lowest BCUT2D eigenvalue weighted by molar-refractivity contribution is -0.141. The number of rotatable bonds is 3. The molecule has 0 spiro atoms. The fourth-order valence-corrected chi connectivity index (χ4v) is 3.51. The maximum Gasteiger partial charge on any atom is 0.435 e. The van der Waals surface area contributed by atoms with Crippen molar-refractivity contribution < 1.29 is 13.2 Å². The first-order valence-electron chi connectivity index (χ1n) is 7.09. The number of thiazole rings is 1. The van der Waals surface area contributed by atoms with Gasteiger partial charge < -0.3 is 0 Å². The van der Waals surface area contributed by atoms with Crippen LogP contribution in [0.4, 0.5) is 13.2 Å². The summed E-state index contributed by atoms with van der Waals surface area (Å²) in [4.78, 5) is 17.8. The van der Waals surface area contributed by atoms with Crippen LogP contribution in [0.25, 0.3) is 11.0 Å². The number of aromatic nitrogens is 4. The number of nitriles is 1. The lowest BCUT2D eigenvalue weighted by Gasteiger charge is -2.04. The monoisotopic (exact) mass is 399 g/mol. The Morgan fingerprint density at radius 3 is 2.77 bits per heavy atom. The van der Waals surface area contributed by atoms with E-state index in [1.165, 1.54) is 34.0 Å². The molecule has 134 valence electrons. The van der Waals surface area contributed by atoms with Crippen LogP contribution in [0.2, 0.25) is 5.15 Å². The Kier molecular flexibility index (Phi) is 4.60. The molecule has 0 aliphatic rings. The van der Waals surface area contributed by atoms with Crippen molar-refractivity contribution in [1.29, 1.82) is 5.26 Å². The molecule has 3 rings (SSSR count). The summed E-state index contributed by atoms with van der Waals surface area (Å²) >= 11 is 7.03. The SMILES string of the molecule is Cc1sc2nc(Cn3nc(C(F)(F)F)cc3Cl)cc(=O)n2c1/C=C/C#N. The smallest absolute Gasteiger partial charge is 0.269 e. The molecule has 0 radical (unpaired) electrons. The number of aryl methyl sites for hydroxylation is 1. The summed E-state index contributed by atoms with van der Waals surface area (Å²) < 4.78 is 40.4. The quantitative estimate of drug-likeness (QED) is 0.631. The van der Waals surface area contributed by atoms with Crippen molar-refractivity contribution in [2.45, 2.75) is 19.6 Å². The van der Waals surface area contributed by atoms with Gasteiger partial charge in [0.2, 0.25) is 0 Å². The zero-order chi connectivity index (χ0) is 19.1. The van der Waals surface area contributed by atoms with Crippen LogP contribution in [0.5, 0.6) is 0 Å². The Morgan fingerprint density at radius 1 is 1.42 bits per heavy atom. The van der Waals surface area contributed by atoms with Gasteiger partial charge in [-0.15, -0.1) is 11.3 Å². The van der Waals surface area contributed by atoms with Crippen LogP contribution in [0.15, 0.2) is 23.0 Å². The average molecular weight is 400 g/mol. The van der Waals surface area contributed by atoms with Gasteiger partial charge in [-0.1, -0.05) is 11.6 Å². The number of halogens is 4. The van der Waals surface area contributed by atoms with E-state index in [0.717, 1.165) is 9.56 Å². The maximum atomic E-state index is 12.7.